The fourth-order valence-corrected chi connectivity index (χ4v) is 1.71. The van der Waals surface area contributed by atoms with Crippen molar-refractivity contribution >= 4 is 11.6 Å². The van der Waals surface area contributed by atoms with E-state index < -0.39 is 23.6 Å². The second kappa shape index (κ2) is 4.69. The monoisotopic (exact) mass is 314 g/mol. The first-order chi connectivity index (χ1) is 9.09. The van der Waals surface area contributed by atoms with Gasteiger partial charge >= 0.3 is 12.4 Å². The molecule has 2 aromatic rings. The van der Waals surface area contributed by atoms with E-state index in [9.17, 15) is 26.3 Å². The van der Waals surface area contributed by atoms with Crippen molar-refractivity contribution in [1.82, 2.24) is 9.78 Å². The van der Waals surface area contributed by atoms with E-state index in [0.717, 1.165) is 24.3 Å². The summed E-state index contributed by atoms with van der Waals surface area (Å²) < 4.78 is 75.1. The second-order valence-corrected chi connectivity index (χ2v) is 4.19. The summed E-state index contributed by atoms with van der Waals surface area (Å²) in [6, 6.07) is 4.05. The van der Waals surface area contributed by atoms with Crippen molar-refractivity contribution in [3.8, 4) is 5.69 Å². The minimum absolute atomic E-state index is 0.00139. The number of nitrogens with zero attached hydrogens (tertiary/aromatic N) is 2. The van der Waals surface area contributed by atoms with Gasteiger partial charge in [-0.2, -0.15) is 31.4 Å². The van der Waals surface area contributed by atoms with Crippen molar-refractivity contribution in [1.29, 1.82) is 0 Å². The molecule has 2 nitrogen and oxygen atoms in total. The number of rotatable bonds is 1. The van der Waals surface area contributed by atoms with Crippen molar-refractivity contribution < 1.29 is 26.3 Å². The van der Waals surface area contributed by atoms with E-state index in [-0.39, 0.29) is 10.8 Å². The quantitative estimate of drug-likeness (QED) is 0.705. The third-order valence-corrected chi connectivity index (χ3v) is 2.66. The van der Waals surface area contributed by atoms with E-state index in [1.165, 1.54) is 0 Å². The maximum absolute atomic E-state index is 12.4. The summed E-state index contributed by atoms with van der Waals surface area (Å²) in [4.78, 5) is 0. The van der Waals surface area contributed by atoms with Crippen molar-refractivity contribution in [3.05, 3.63) is 46.7 Å². The van der Waals surface area contributed by atoms with Gasteiger partial charge in [0.05, 0.1) is 11.3 Å². The highest BCUT2D eigenvalue weighted by Gasteiger charge is 2.35. The molecule has 0 fully saturated rings. The second-order valence-electron chi connectivity index (χ2n) is 3.81. The molecule has 0 radical (unpaired) electrons. The van der Waals surface area contributed by atoms with Gasteiger partial charge in [0.15, 0.2) is 5.69 Å². The molecule has 0 aliphatic heterocycles. The van der Waals surface area contributed by atoms with E-state index in [1.807, 2.05) is 0 Å². The van der Waals surface area contributed by atoms with Gasteiger partial charge in [-0.3, -0.25) is 0 Å². The van der Waals surface area contributed by atoms with E-state index in [0.29, 0.717) is 10.7 Å². The molecule has 2 rings (SSSR count). The maximum atomic E-state index is 12.4. The molecule has 1 aromatic heterocycles. The fourth-order valence-electron chi connectivity index (χ4n) is 1.47. The molecular formula is C11H5ClF6N2. The molecule has 0 amide bonds. The summed E-state index contributed by atoms with van der Waals surface area (Å²) in [5, 5.41) is 2.87. The van der Waals surface area contributed by atoms with Crippen LogP contribution in [0.1, 0.15) is 11.3 Å². The number of benzene rings is 1. The van der Waals surface area contributed by atoms with Crippen molar-refractivity contribution in [2.75, 3.05) is 0 Å². The Morgan fingerprint density at radius 1 is 0.900 bits per heavy atom. The Hall–Kier alpha value is -1.70. The molecule has 20 heavy (non-hydrogen) atoms. The summed E-state index contributed by atoms with van der Waals surface area (Å²) in [6.07, 6.45) is -9.20. The molecule has 0 spiro atoms. The Morgan fingerprint density at radius 2 is 1.45 bits per heavy atom. The lowest BCUT2D eigenvalue weighted by atomic mass is 10.2. The average molecular weight is 315 g/mol. The molecule has 0 atom stereocenters. The summed E-state index contributed by atoms with van der Waals surface area (Å²) in [5.74, 6) is 0. The minimum Gasteiger partial charge on any atom is -0.222 e. The van der Waals surface area contributed by atoms with Gasteiger partial charge in [0, 0.05) is 6.07 Å². The normalized spacial score (nSPS) is 12.8. The lowest BCUT2D eigenvalue weighted by Gasteiger charge is -2.08. The van der Waals surface area contributed by atoms with Gasteiger partial charge in [0.2, 0.25) is 0 Å². The number of hydrogen-bond donors (Lipinski definition) is 0. The largest absolute Gasteiger partial charge is 0.435 e. The SMILES string of the molecule is FC(F)(F)c1ccc(-n2nc(C(F)(F)F)cc2Cl)cc1. The maximum Gasteiger partial charge on any atom is 0.435 e. The van der Waals surface area contributed by atoms with Gasteiger partial charge in [0.25, 0.3) is 0 Å². The zero-order chi connectivity index (χ0) is 15.1. The van der Waals surface area contributed by atoms with Gasteiger partial charge in [0.1, 0.15) is 5.15 Å². The molecule has 1 aromatic carbocycles. The highest BCUT2D eigenvalue weighted by molar-refractivity contribution is 6.29. The van der Waals surface area contributed by atoms with Crippen LogP contribution >= 0.6 is 11.6 Å². The van der Waals surface area contributed by atoms with E-state index >= 15 is 0 Å². The highest BCUT2D eigenvalue weighted by Crippen LogP contribution is 2.32. The molecule has 0 aliphatic rings. The predicted molar refractivity (Wildman–Crippen MR) is 58.6 cm³/mol. The lowest BCUT2D eigenvalue weighted by Crippen LogP contribution is -2.08. The molecule has 0 N–H and O–H groups in total. The Labute approximate surface area is 113 Å². The van der Waals surface area contributed by atoms with Crippen LogP contribution in [0.15, 0.2) is 30.3 Å². The number of aromatic nitrogens is 2. The van der Waals surface area contributed by atoms with Crippen LogP contribution < -0.4 is 0 Å². The molecular weight excluding hydrogens is 310 g/mol. The van der Waals surface area contributed by atoms with E-state index in [2.05, 4.69) is 5.10 Å². The topological polar surface area (TPSA) is 17.8 Å². The third-order valence-electron chi connectivity index (χ3n) is 2.40. The molecule has 0 saturated heterocycles. The summed E-state index contributed by atoms with van der Waals surface area (Å²) in [6.45, 7) is 0. The Kier molecular flexibility index (Phi) is 3.45. The number of alkyl halides is 6. The van der Waals surface area contributed by atoms with Crippen LogP contribution in [0, 0.1) is 0 Å². The van der Waals surface area contributed by atoms with Crippen LogP contribution in [0.3, 0.4) is 0 Å². The summed E-state index contributed by atoms with van der Waals surface area (Å²) >= 11 is 5.59. The van der Waals surface area contributed by atoms with Crippen LogP contribution in [0.25, 0.3) is 5.69 Å². The van der Waals surface area contributed by atoms with Crippen LogP contribution in [0.5, 0.6) is 0 Å². The predicted octanol–water partition coefficient (Wildman–Crippen LogP) is 4.56. The lowest BCUT2D eigenvalue weighted by molar-refractivity contribution is -0.141. The van der Waals surface area contributed by atoms with Crippen molar-refractivity contribution in [2.24, 2.45) is 0 Å². The number of halogens is 7. The van der Waals surface area contributed by atoms with Crippen LogP contribution in [0.2, 0.25) is 5.15 Å². The Balaban J connectivity index is 2.40. The van der Waals surface area contributed by atoms with E-state index in [1.54, 1.807) is 0 Å². The van der Waals surface area contributed by atoms with E-state index in [4.69, 9.17) is 11.6 Å². The van der Waals surface area contributed by atoms with Crippen LogP contribution in [-0.2, 0) is 12.4 Å². The Morgan fingerprint density at radius 3 is 1.85 bits per heavy atom. The summed E-state index contributed by atoms with van der Waals surface area (Å²) in [7, 11) is 0. The zero-order valence-corrected chi connectivity index (χ0v) is 10.2. The molecule has 0 unspecified atom stereocenters. The van der Waals surface area contributed by atoms with Crippen molar-refractivity contribution in [2.45, 2.75) is 12.4 Å². The molecule has 0 bridgehead atoms. The van der Waals surface area contributed by atoms with Crippen LogP contribution in [-0.4, -0.2) is 9.78 Å². The highest BCUT2D eigenvalue weighted by atomic mass is 35.5. The standard InChI is InChI=1S/C11H5ClF6N2/c12-9-5-8(11(16,17)18)19-20(9)7-3-1-6(2-4-7)10(13,14)15/h1-5H. The summed E-state index contributed by atoms with van der Waals surface area (Å²) in [5.41, 5.74) is -2.14. The Bertz CT molecular complexity index is 611. The molecule has 0 aliphatic carbocycles. The average Bonchev–Trinajstić information content (AvgIpc) is 2.70. The first kappa shape index (κ1) is 14.7. The minimum atomic E-state index is -4.68. The third kappa shape index (κ3) is 2.90. The fraction of sp³-hybridized carbons (Fsp3) is 0.182. The first-order valence-corrected chi connectivity index (χ1v) is 5.47. The molecule has 1 heterocycles. The smallest absolute Gasteiger partial charge is 0.222 e. The zero-order valence-electron chi connectivity index (χ0n) is 9.43. The molecule has 0 saturated carbocycles. The van der Waals surface area contributed by atoms with Crippen LogP contribution in [0.4, 0.5) is 26.3 Å². The van der Waals surface area contributed by atoms with Gasteiger partial charge in [-0.15, -0.1) is 0 Å². The van der Waals surface area contributed by atoms with Crippen molar-refractivity contribution in [3.63, 3.8) is 0 Å². The van der Waals surface area contributed by atoms with Gasteiger partial charge < -0.3 is 0 Å². The van der Waals surface area contributed by atoms with Gasteiger partial charge in [-0.1, -0.05) is 11.6 Å². The molecule has 9 heteroatoms. The first-order valence-electron chi connectivity index (χ1n) is 5.09. The van der Waals surface area contributed by atoms with Gasteiger partial charge in [-0.05, 0) is 24.3 Å². The van der Waals surface area contributed by atoms with Gasteiger partial charge in [-0.25, -0.2) is 4.68 Å². The number of hydrogen-bond acceptors (Lipinski definition) is 1. The molecule has 108 valence electrons.